The number of carbonyl (C=O) groups is 2. The predicted octanol–water partition coefficient (Wildman–Crippen LogP) is 4.76. The topological polar surface area (TPSA) is 129 Å². The minimum Gasteiger partial charge on any atom is -0.443 e. The molecule has 204 valence electrons. The molecule has 0 bridgehead atoms. The number of fused-ring (bicyclic) bond motifs is 1. The van der Waals surface area contributed by atoms with E-state index >= 15 is 0 Å². The minimum absolute atomic E-state index is 0.0418. The van der Waals surface area contributed by atoms with Gasteiger partial charge in [0.25, 0.3) is 0 Å². The minimum atomic E-state index is -0.940. The van der Waals surface area contributed by atoms with Crippen molar-refractivity contribution < 1.29 is 28.9 Å². The van der Waals surface area contributed by atoms with Gasteiger partial charge in [0, 0.05) is 6.42 Å². The molecule has 0 aliphatic carbocycles. The highest BCUT2D eigenvalue weighted by Gasteiger charge is 2.37. The van der Waals surface area contributed by atoms with E-state index in [1.807, 2.05) is 30.3 Å². The van der Waals surface area contributed by atoms with Gasteiger partial charge in [-0.1, -0.05) is 30.3 Å². The molecule has 38 heavy (non-hydrogen) atoms. The van der Waals surface area contributed by atoms with Crippen LogP contribution in [0.4, 0.5) is 15.4 Å². The van der Waals surface area contributed by atoms with Crippen LogP contribution in [0.15, 0.2) is 36.7 Å². The number of carbonyl (C=O) groups excluding carboxylic acids is 2. The lowest BCUT2D eigenvalue weighted by Gasteiger charge is -2.28. The number of aliphatic hydroxyl groups excluding tert-OH is 1. The maximum atomic E-state index is 13.4. The van der Waals surface area contributed by atoms with Gasteiger partial charge in [-0.15, -0.1) is 0 Å². The Labute approximate surface area is 221 Å². The molecule has 0 saturated carbocycles. The molecule has 1 N–H and O–H groups in total. The molecule has 1 aromatic carbocycles. The molecule has 3 aromatic rings. The van der Waals surface area contributed by atoms with Crippen molar-refractivity contribution in [3.05, 3.63) is 48.0 Å². The molecule has 2 atom stereocenters. The van der Waals surface area contributed by atoms with Gasteiger partial charge >= 0.3 is 12.2 Å². The molecule has 1 fully saturated rings. The zero-order chi connectivity index (χ0) is 27.7. The van der Waals surface area contributed by atoms with Gasteiger partial charge in [-0.3, -0.25) is 4.57 Å². The van der Waals surface area contributed by atoms with E-state index in [0.717, 1.165) is 10.5 Å². The van der Waals surface area contributed by atoms with Crippen molar-refractivity contribution in [3.8, 4) is 0 Å². The first kappa shape index (κ1) is 27.5. The molecule has 0 radical (unpaired) electrons. The van der Waals surface area contributed by atoms with E-state index in [2.05, 4.69) is 9.97 Å². The summed E-state index contributed by atoms with van der Waals surface area (Å²) in [5.41, 5.74) is -0.210. The maximum absolute atomic E-state index is 13.4. The molecule has 4 rings (SSSR count). The van der Waals surface area contributed by atoms with Crippen LogP contribution in [0.5, 0.6) is 0 Å². The van der Waals surface area contributed by atoms with Gasteiger partial charge in [-0.2, -0.15) is 4.90 Å². The van der Waals surface area contributed by atoms with Crippen LogP contribution in [-0.2, 0) is 20.6 Å². The first-order valence-corrected chi connectivity index (χ1v) is 12.6. The third-order valence-corrected chi connectivity index (χ3v) is 5.62. The average molecular weight is 526 g/mol. The van der Waals surface area contributed by atoms with Crippen molar-refractivity contribution in [1.29, 1.82) is 0 Å². The molecule has 0 unspecified atom stereocenters. The van der Waals surface area contributed by atoms with Crippen molar-refractivity contribution in [2.75, 3.05) is 11.5 Å². The Morgan fingerprint density at radius 1 is 1.03 bits per heavy atom. The number of aromatic nitrogens is 4. The summed E-state index contributed by atoms with van der Waals surface area (Å²) in [6.45, 7) is 10.2. The van der Waals surface area contributed by atoms with E-state index < -0.39 is 29.6 Å². The highest BCUT2D eigenvalue weighted by molar-refractivity contribution is 6.12. The molecule has 1 aliphatic rings. The highest BCUT2D eigenvalue weighted by atomic mass is 16.6. The molecule has 11 nitrogen and oxygen atoms in total. The summed E-state index contributed by atoms with van der Waals surface area (Å²) in [6.07, 6.45) is 0.624. The van der Waals surface area contributed by atoms with Gasteiger partial charge in [-0.25, -0.2) is 24.5 Å². The monoisotopic (exact) mass is 525 g/mol. The summed E-state index contributed by atoms with van der Waals surface area (Å²) in [5.74, 6) is 0.328. The number of anilines is 1. The van der Waals surface area contributed by atoms with Crippen LogP contribution >= 0.6 is 0 Å². The van der Waals surface area contributed by atoms with Gasteiger partial charge in [0.2, 0.25) is 0 Å². The van der Waals surface area contributed by atoms with Crippen LogP contribution in [0.25, 0.3) is 11.2 Å². The highest BCUT2D eigenvalue weighted by Crippen LogP contribution is 2.33. The number of rotatable bonds is 5. The summed E-state index contributed by atoms with van der Waals surface area (Å²) < 4.78 is 18.8. The number of nitrogens with zero attached hydrogens (tertiary/aromatic N) is 5. The SMILES string of the molecule is CC(C)(C)OC(=O)N(C(=O)OC(C)(C)C)c1nc(Cc2ccccc2)nc2c1ncn2[C@H]1CC[C@@H](CO)O1. The Hall–Kier alpha value is -3.57. The largest absolute Gasteiger partial charge is 0.443 e. The number of imide groups is 1. The normalized spacial score (nSPS) is 18.0. The summed E-state index contributed by atoms with van der Waals surface area (Å²) in [6, 6.07) is 9.62. The van der Waals surface area contributed by atoms with Crippen LogP contribution < -0.4 is 4.90 Å². The van der Waals surface area contributed by atoms with Crippen molar-refractivity contribution in [1.82, 2.24) is 19.5 Å². The third kappa shape index (κ3) is 6.46. The van der Waals surface area contributed by atoms with Crippen LogP contribution in [0.3, 0.4) is 0 Å². The van der Waals surface area contributed by atoms with Gasteiger partial charge in [-0.05, 0) is 59.9 Å². The average Bonchev–Trinajstić information content (AvgIpc) is 3.44. The Morgan fingerprint density at radius 2 is 1.66 bits per heavy atom. The second kappa shape index (κ2) is 10.7. The fourth-order valence-electron chi connectivity index (χ4n) is 4.06. The van der Waals surface area contributed by atoms with E-state index in [-0.39, 0.29) is 24.0 Å². The number of hydrogen-bond acceptors (Lipinski definition) is 9. The lowest BCUT2D eigenvalue weighted by Crippen LogP contribution is -2.44. The van der Waals surface area contributed by atoms with Gasteiger partial charge in [0.1, 0.15) is 23.3 Å². The molecule has 1 aliphatic heterocycles. The predicted molar refractivity (Wildman–Crippen MR) is 140 cm³/mol. The first-order valence-electron chi connectivity index (χ1n) is 12.6. The molecule has 2 aromatic heterocycles. The molecule has 2 amide bonds. The smallest absolute Gasteiger partial charge is 0.425 e. The first-order chi connectivity index (χ1) is 17.8. The Bertz CT molecular complexity index is 1270. The number of aliphatic hydroxyl groups is 1. The van der Waals surface area contributed by atoms with E-state index in [1.54, 1.807) is 52.4 Å². The van der Waals surface area contributed by atoms with E-state index in [4.69, 9.17) is 19.2 Å². The van der Waals surface area contributed by atoms with Gasteiger partial charge < -0.3 is 19.3 Å². The lowest BCUT2D eigenvalue weighted by molar-refractivity contribution is -0.0207. The van der Waals surface area contributed by atoms with Crippen LogP contribution in [0.1, 0.15) is 72.0 Å². The molecule has 3 heterocycles. The maximum Gasteiger partial charge on any atom is 0.425 e. The van der Waals surface area contributed by atoms with E-state index in [1.165, 1.54) is 0 Å². The van der Waals surface area contributed by atoms with E-state index in [0.29, 0.717) is 30.7 Å². The standard InChI is InChI=1S/C27H35N5O6/c1-26(2,3)37-24(34)32(25(35)38-27(4,5)6)23-21-22(29-19(30-23)14-17-10-8-7-9-11-17)31(16-28-21)20-13-12-18(15-33)36-20/h7-11,16,18,20,33H,12-15H2,1-6H3/t18-,20+/m0/s1. The molecular formula is C27H35N5O6. The summed E-state index contributed by atoms with van der Waals surface area (Å²) in [7, 11) is 0. The van der Waals surface area contributed by atoms with Crippen LogP contribution in [0, 0.1) is 0 Å². The lowest BCUT2D eigenvalue weighted by atomic mass is 10.1. The van der Waals surface area contributed by atoms with Crippen molar-refractivity contribution in [3.63, 3.8) is 0 Å². The fourth-order valence-corrected chi connectivity index (χ4v) is 4.06. The second-order valence-corrected chi connectivity index (χ2v) is 11.2. The Balaban J connectivity index is 1.87. The number of ether oxygens (including phenoxy) is 3. The molecule has 0 spiro atoms. The van der Waals surface area contributed by atoms with Gasteiger partial charge in [0.05, 0.1) is 19.0 Å². The number of hydrogen-bond donors (Lipinski definition) is 1. The zero-order valence-corrected chi connectivity index (χ0v) is 22.7. The molecule has 11 heteroatoms. The van der Waals surface area contributed by atoms with Crippen LogP contribution in [0.2, 0.25) is 0 Å². The van der Waals surface area contributed by atoms with Crippen molar-refractivity contribution in [2.45, 2.75) is 84.3 Å². The van der Waals surface area contributed by atoms with Crippen LogP contribution in [-0.4, -0.2) is 60.7 Å². The molecular weight excluding hydrogens is 490 g/mol. The summed E-state index contributed by atoms with van der Waals surface area (Å²) >= 11 is 0. The van der Waals surface area contributed by atoms with Crippen molar-refractivity contribution in [2.24, 2.45) is 0 Å². The Morgan fingerprint density at radius 3 is 2.21 bits per heavy atom. The van der Waals surface area contributed by atoms with Crippen molar-refractivity contribution >= 4 is 29.2 Å². The summed E-state index contributed by atoms with van der Waals surface area (Å²) in [5, 5.41) is 9.54. The number of imidazole rings is 1. The fraction of sp³-hybridized carbons (Fsp3) is 0.519. The third-order valence-electron chi connectivity index (χ3n) is 5.62. The van der Waals surface area contributed by atoms with E-state index in [9.17, 15) is 14.7 Å². The summed E-state index contributed by atoms with van der Waals surface area (Å²) in [4.78, 5) is 41.4. The number of amides is 2. The number of benzene rings is 1. The Kier molecular flexibility index (Phi) is 7.70. The second-order valence-electron chi connectivity index (χ2n) is 11.2. The molecule has 1 saturated heterocycles. The zero-order valence-electron chi connectivity index (χ0n) is 22.7. The van der Waals surface area contributed by atoms with Gasteiger partial charge in [0.15, 0.2) is 17.0 Å². The quantitative estimate of drug-likeness (QED) is 0.501.